The van der Waals surface area contributed by atoms with Crippen molar-refractivity contribution in [2.45, 2.75) is 26.8 Å². The van der Waals surface area contributed by atoms with Crippen LogP contribution in [0, 0.1) is 13.8 Å². The molecule has 1 unspecified atom stereocenters. The number of hydrogen-bond acceptors (Lipinski definition) is 3. The van der Waals surface area contributed by atoms with Crippen molar-refractivity contribution in [3.63, 3.8) is 0 Å². The van der Waals surface area contributed by atoms with Gasteiger partial charge < -0.3 is 5.21 Å². The first-order valence-electron chi connectivity index (χ1n) is 3.61. The minimum Gasteiger partial charge on any atom is -0.316 e. The van der Waals surface area contributed by atoms with Crippen LogP contribution in [0.1, 0.15) is 28.3 Å². The lowest BCUT2D eigenvalue weighted by Crippen LogP contribution is -2.12. The SMILES string of the molecule is Cc1cc(C(C)NO)c(C)s1. The van der Waals surface area contributed by atoms with Gasteiger partial charge in [-0.05, 0) is 32.4 Å². The molecule has 2 nitrogen and oxygen atoms in total. The molecule has 0 amide bonds. The topological polar surface area (TPSA) is 32.3 Å². The van der Waals surface area contributed by atoms with E-state index >= 15 is 0 Å². The highest BCUT2D eigenvalue weighted by atomic mass is 32.1. The van der Waals surface area contributed by atoms with E-state index in [1.165, 1.54) is 15.3 Å². The lowest BCUT2D eigenvalue weighted by Gasteiger charge is -2.06. The van der Waals surface area contributed by atoms with Gasteiger partial charge in [0.1, 0.15) is 0 Å². The van der Waals surface area contributed by atoms with Gasteiger partial charge in [-0.1, -0.05) is 0 Å². The molecule has 1 heterocycles. The fraction of sp³-hybridized carbons (Fsp3) is 0.500. The predicted molar refractivity (Wildman–Crippen MR) is 47.1 cm³/mol. The van der Waals surface area contributed by atoms with Crippen LogP contribution in [0.4, 0.5) is 0 Å². The molecule has 0 fully saturated rings. The fourth-order valence-electron chi connectivity index (χ4n) is 1.15. The molecular weight excluding hydrogens is 158 g/mol. The van der Waals surface area contributed by atoms with Crippen LogP contribution in [0.5, 0.6) is 0 Å². The van der Waals surface area contributed by atoms with Crippen molar-refractivity contribution >= 4 is 11.3 Å². The largest absolute Gasteiger partial charge is 0.316 e. The summed E-state index contributed by atoms with van der Waals surface area (Å²) in [6.45, 7) is 6.08. The van der Waals surface area contributed by atoms with Gasteiger partial charge in [-0.3, -0.25) is 0 Å². The Kier molecular flexibility index (Phi) is 2.65. The molecule has 1 aromatic heterocycles. The molecule has 3 heteroatoms. The number of rotatable bonds is 2. The standard InChI is InChI=1S/C8H13NOS/c1-5-4-8(6(2)9-10)7(3)11-5/h4,6,9-10H,1-3H3. The maximum Gasteiger partial charge on any atom is 0.0551 e. The molecular formula is C8H13NOS. The summed E-state index contributed by atoms with van der Waals surface area (Å²) >= 11 is 1.76. The second-order valence-electron chi connectivity index (χ2n) is 2.72. The highest BCUT2D eigenvalue weighted by Gasteiger charge is 2.08. The molecule has 0 saturated heterocycles. The quantitative estimate of drug-likeness (QED) is 0.670. The monoisotopic (exact) mass is 171 g/mol. The molecule has 2 N–H and O–H groups in total. The van der Waals surface area contributed by atoms with Crippen LogP contribution >= 0.6 is 11.3 Å². The Morgan fingerprint density at radius 1 is 1.55 bits per heavy atom. The van der Waals surface area contributed by atoms with E-state index in [0.29, 0.717) is 0 Å². The third-order valence-corrected chi connectivity index (χ3v) is 2.72. The second kappa shape index (κ2) is 3.34. The molecule has 0 aliphatic carbocycles. The van der Waals surface area contributed by atoms with Crippen LogP contribution in [0.25, 0.3) is 0 Å². The zero-order valence-electron chi connectivity index (χ0n) is 7.01. The summed E-state index contributed by atoms with van der Waals surface area (Å²) in [7, 11) is 0. The van der Waals surface area contributed by atoms with Gasteiger partial charge in [0.2, 0.25) is 0 Å². The van der Waals surface area contributed by atoms with Gasteiger partial charge in [-0.25, -0.2) is 0 Å². The zero-order valence-corrected chi connectivity index (χ0v) is 7.83. The molecule has 62 valence electrons. The molecule has 0 spiro atoms. The first-order chi connectivity index (χ1) is 5.15. The van der Waals surface area contributed by atoms with E-state index in [4.69, 9.17) is 5.21 Å². The average molecular weight is 171 g/mol. The van der Waals surface area contributed by atoms with E-state index in [1.54, 1.807) is 11.3 Å². The van der Waals surface area contributed by atoms with Gasteiger partial charge in [-0.2, -0.15) is 5.48 Å². The van der Waals surface area contributed by atoms with E-state index in [-0.39, 0.29) is 6.04 Å². The molecule has 0 bridgehead atoms. The number of thiophene rings is 1. The van der Waals surface area contributed by atoms with E-state index in [2.05, 4.69) is 25.4 Å². The van der Waals surface area contributed by atoms with Gasteiger partial charge in [-0.15, -0.1) is 11.3 Å². The smallest absolute Gasteiger partial charge is 0.0551 e. The summed E-state index contributed by atoms with van der Waals surface area (Å²) in [5, 5.41) is 8.68. The summed E-state index contributed by atoms with van der Waals surface area (Å²) in [5.41, 5.74) is 3.43. The summed E-state index contributed by atoms with van der Waals surface area (Å²) in [5.74, 6) is 0. The normalized spacial score (nSPS) is 13.5. The highest BCUT2D eigenvalue weighted by Crippen LogP contribution is 2.25. The van der Waals surface area contributed by atoms with Crippen LogP contribution in [0.2, 0.25) is 0 Å². The Bertz CT molecular complexity index is 244. The van der Waals surface area contributed by atoms with Crippen molar-refractivity contribution in [3.8, 4) is 0 Å². The predicted octanol–water partition coefficient (Wildman–Crippen LogP) is 2.40. The van der Waals surface area contributed by atoms with Crippen molar-refractivity contribution in [2.24, 2.45) is 0 Å². The number of hydroxylamine groups is 1. The van der Waals surface area contributed by atoms with Crippen molar-refractivity contribution < 1.29 is 5.21 Å². The lowest BCUT2D eigenvalue weighted by atomic mass is 10.1. The van der Waals surface area contributed by atoms with Gasteiger partial charge >= 0.3 is 0 Å². The summed E-state index contributed by atoms with van der Waals surface area (Å²) in [6.07, 6.45) is 0. The zero-order chi connectivity index (χ0) is 8.43. The average Bonchev–Trinajstić information content (AvgIpc) is 2.28. The van der Waals surface area contributed by atoms with Gasteiger partial charge in [0, 0.05) is 9.75 Å². The molecule has 0 aliphatic rings. The number of aryl methyl sites for hydroxylation is 2. The summed E-state index contributed by atoms with van der Waals surface area (Å²) in [4.78, 5) is 2.57. The van der Waals surface area contributed by atoms with Crippen molar-refractivity contribution in [1.29, 1.82) is 0 Å². The van der Waals surface area contributed by atoms with Crippen molar-refractivity contribution in [3.05, 3.63) is 21.4 Å². The molecule has 0 aromatic carbocycles. The minimum atomic E-state index is 0.0416. The maximum atomic E-state index is 8.68. The van der Waals surface area contributed by atoms with Crippen molar-refractivity contribution in [2.75, 3.05) is 0 Å². The molecule has 1 atom stereocenters. The first kappa shape index (κ1) is 8.71. The number of hydrogen-bond donors (Lipinski definition) is 2. The van der Waals surface area contributed by atoms with Crippen LogP contribution in [-0.4, -0.2) is 5.21 Å². The number of nitrogens with one attached hydrogen (secondary N) is 1. The van der Waals surface area contributed by atoms with Crippen LogP contribution in [0.3, 0.4) is 0 Å². The van der Waals surface area contributed by atoms with Gasteiger partial charge in [0.25, 0.3) is 0 Å². The Balaban J connectivity index is 2.93. The Morgan fingerprint density at radius 3 is 2.55 bits per heavy atom. The maximum absolute atomic E-state index is 8.68. The van der Waals surface area contributed by atoms with Gasteiger partial charge in [0.05, 0.1) is 6.04 Å². The van der Waals surface area contributed by atoms with Gasteiger partial charge in [0.15, 0.2) is 0 Å². The van der Waals surface area contributed by atoms with E-state index < -0.39 is 0 Å². The van der Waals surface area contributed by atoms with E-state index in [1.807, 2.05) is 6.92 Å². The van der Waals surface area contributed by atoms with E-state index in [0.717, 1.165) is 0 Å². The molecule has 1 aromatic rings. The molecule has 0 radical (unpaired) electrons. The van der Waals surface area contributed by atoms with Crippen LogP contribution < -0.4 is 5.48 Å². The van der Waals surface area contributed by atoms with Crippen LogP contribution in [-0.2, 0) is 0 Å². The molecule has 11 heavy (non-hydrogen) atoms. The lowest BCUT2D eigenvalue weighted by molar-refractivity contribution is 0.133. The molecule has 0 aliphatic heterocycles. The second-order valence-corrected chi connectivity index (χ2v) is 4.18. The third kappa shape index (κ3) is 1.80. The fourth-order valence-corrected chi connectivity index (χ4v) is 2.17. The molecule has 1 rings (SSSR count). The summed E-state index contributed by atoms with van der Waals surface area (Å²) in [6, 6.07) is 2.15. The first-order valence-corrected chi connectivity index (χ1v) is 4.43. The van der Waals surface area contributed by atoms with E-state index in [9.17, 15) is 0 Å². The Labute approximate surface area is 70.8 Å². The molecule has 0 saturated carbocycles. The van der Waals surface area contributed by atoms with Crippen LogP contribution in [0.15, 0.2) is 6.07 Å². The highest BCUT2D eigenvalue weighted by molar-refractivity contribution is 7.12. The minimum absolute atomic E-state index is 0.0416. The Hall–Kier alpha value is -0.380. The third-order valence-electron chi connectivity index (χ3n) is 1.74. The Morgan fingerprint density at radius 2 is 2.18 bits per heavy atom. The summed E-state index contributed by atoms with van der Waals surface area (Å²) < 4.78 is 0. The van der Waals surface area contributed by atoms with Crippen molar-refractivity contribution in [1.82, 2.24) is 5.48 Å².